The summed E-state index contributed by atoms with van der Waals surface area (Å²) in [6.45, 7) is 7.41. The van der Waals surface area contributed by atoms with Gasteiger partial charge in [-0.15, -0.1) is 0 Å². The van der Waals surface area contributed by atoms with Gasteiger partial charge in [0.15, 0.2) is 0 Å². The highest BCUT2D eigenvalue weighted by atomic mass is 16.5. The van der Waals surface area contributed by atoms with Gasteiger partial charge in [0, 0.05) is 44.1 Å². The highest BCUT2D eigenvalue weighted by Gasteiger charge is 2.22. The molecule has 0 spiro atoms. The minimum Gasteiger partial charge on any atom is -0.494 e. The van der Waals surface area contributed by atoms with Crippen LogP contribution in [-0.2, 0) is 17.8 Å². The molecule has 1 heterocycles. The minimum absolute atomic E-state index is 0.0685. The Labute approximate surface area is 148 Å². The molecular formula is C18H27N3O4. The molecule has 0 bridgehead atoms. The lowest BCUT2D eigenvalue weighted by Crippen LogP contribution is -2.36. The lowest BCUT2D eigenvalue weighted by atomic mass is 10.1. The molecule has 1 aliphatic rings. The van der Waals surface area contributed by atoms with Crippen molar-refractivity contribution >= 4 is 11.9 Å². The quantitative estimate of drug-likeness (QED) is 0.624. The summed E-state index contributed by atoms with van der Waals surface area (Å²) in [6, 6.07) is 3.70. The van der Waals surface area contributed by atoms with Crippen LogP contribution in [0.2, 0.25) is 0 Å². The zero-order valence-corrected chi connectivity index (χ0v) is 15.1. The van der Waals surface area contributed by atoms with Crippen molar-refractivity contribution in [2.45, 2.75) is 46.3 Å². The first-order valence-corrected chi connectivity index (χ1v) is 8.71. The summed E-state index contributed by atoms with van der Waals surface area (Å²) < 4.78 is 11.5. The highest BCUT2D eigenvalue weighted by Crippen LogP contribution is 2.35. The second-order valence-corrected chi connectivity index (χ2v) is 6.08. The summed E-state index contributed by atoms with van der Waals surface area (Å²) in [5.41, 5.74) is 2.03. The maximum atomic E-state index is 11.9. The molecule has 138 valence electrons. The van der Waals surface area contributed by atoms with Crippen LogP contribution in [0.3, 0.4) is 0 Å². The summed E-state index contributed by atoms with van der Waals surface area (Å²) in [6.07, 6.45) is 1.72. The highest BCUT2D eigenvalue weighted by molar-refractivity contribution is 5.74. The number of hydrogen-bond acceptors (Lipinski definition) is 4. The van der Waals surface area contributed by atoms with Crippen molar-refractivity contribution in [1.82, 2.24) is 16.0 Å². The smallest absolute Gasteiger partial charge is 0.315 e. The number of ether oxygens (including phenoxy) is 2. The van der Waals surface area contributed by atoms with Gasteiger partial charge in [0.05, 0.1) is 6.61 Å². The Morgan fingerprint density at radius 1 is 1.24 bits per heavy atom. The molecule has 2 rings (SSSR count). The molecule has 1 unspecified atom stereocenters. The molecule has 25 heavy (non-hydrogen) atoms. The van der Waals surface area contributed by atoms with Crippen molar-refractivity contribution in [3.05, 3.63) is 23.3 Å². The van der Waals surface area contributed by atoms with Crippen LogP contribution in [0.15, 0.2) is 12.1 Å². The zero-order chi connectivity index (χ0) is 18.2. The van der Waals surface area contributed by atoms with Gasteiger partial charge < -0.3 is 25.4 Å². The first-order chi connectivity index (χ1) is 12.0. The molecule has 1 aromatic carbocycles. The molecule has 3 amide bonds. The Balaban J connectivity index is 1.84. The molecule has 7 heteroatoms. The SMILES string of the molecule is CCOc1cc2c(cc1CNC(=O)NCCCNC(C)=O)OC(C)C2. The van der Waals surface area contributed by atoms with E-state index in [1.807, 2.05) is 26.0 Å². The second-order valence-electron chi connectivity index (χ2n) is 6.08. The molecule has 1 aliphatic heterocycles. The van der Waals surface area contributed by atoms with E-state index in [0.29, 0.717) is 32.7 Å². The van der Waals surface area contributed by atoms with Gasteiger partial charge >= 0.3 is 6.03 Å². The predicted molar refractivity (Wildman–Crippen MR) is 94.9 cm³/mol. The zero-order valence-electron chi connectivity index (χ0n) is 15.1. The Hall–Kier alpha value is -2.44. The maximum Gasteiger partial charge on any atom is 0.315 e. The summed E-state index contributed by atoms with van der Waals surface area (Å²) in [7, 11) is 0. The molecule has 0 saturated carbocycles. The summed E-state index contributed by atoms with van der Waals surface area (Å²) in [5, 5.41) is 8.28. The summed E-state index contributed by atoms with van der Waals surface area (Å²) >= 11 is 0. The third-order valence-electron chi connectivity index (χ3n) is 3.83. The van der Waals surface area contributed by atoms with Gasteiger partial charge in [-0.2, -0.15) is 0 Å². The first kappa shape index (κ1) is 18.9. The van der Waals surface area contributed by atoms with Gasteiger partial charge in [-0.25, -0.2) is 4.79 Å². The third-order valence-corrected chi connectivity index (χ3v) is 3.83. The number of carbonyl (C=O) groups is 2. The largest absolute Gasteiger partial charge is 0.494 e. The number of rotatable bonds is 8. The van der Waals surface area contributed by atoms with Crippen molar-refractivity contribution < 1.29 is 19.1 Å². The number of carbonyl (C=O) groups excluding carboxylic acids is 2. The summed E-state index contributed by atoms with van der Waals surface area (Å²) in [4.78, 5) is 22.6. The van der Waals surface area contributed by atoms with Crippen molar-refractivity contribution in [3.63, 3.8) is 0 Å². The van der Waals surface area contributed by atoms with E-state index in [0.717, 1.165) is 29.0 Å². The van der Waals surface area contributed by atoms with E-state index in [1.54, 1.807) is 0 Å². The van der Waals surface area contributed by atoms with Crippen LogP contribution in [0.1, 0.15) is 38.3 Å². The van der Waals surface area contributed by atoms with Crippen molar-refractivity contribution in [3.8, 4) is 11.5 Å². The van der Waals surface area contributed by atoms with Crippen molar-refractivity contribution in [1.29, 1.82) is 0 Å². The molecule has 0 aromatic heterocycles. The maximum absolute atomic E-state index is 11.9. The third kappa shape index (κ3) is 5.85. The standard InChI is InChI=1S/C18H27N3O4/c1-4-24-16-9-14-8-12(2)25-17(14)10-15(16)11-21-18(23)20-7-5-6-19-13(3)22/h9-10,12H,4-8,11H2,1-3H3,(H,19,22)(H2,20,21,23). The van der Waals surface area contributed by atoms with Crippen LogP contribution in [0.25, 0.3) is 0 Å². The van der Waals surface area contributed by atoms with E-state index in [1.165, 1.54) is 6.92 Å². The Kier molecular flexibility index (Phi) is 6.91. The van der Waals surface area contributed by atoms with Crippen LogP contribution in [-0.4, -0.2) is 37.7 Å². The van der Waals surface area contributed by atoms with Crippen molar-refractivity contribution in [2.75, 3.05) is 19.7 Å². The van der Waals surface area contributed by atoms with E-state index in [4.69, 9.17) is 9.47 Å². The van der Waals surface area contributed by atoms with Crippen LogP contribution in [0, 0.1) is 0 Å². The Morgan fingerprint density at radius 3 is 2.72 bits per heavy atom. The average molecular weight is 349 g/mol. The monoisotopic (exact) mass is 349 g/mol. The van der Waals surface area contributed by atoms with E-state index < -0.39 is 0 Å². The topological polar surface area (TPSA) is 88.7 Å². The fourth-order valence-electron chi connectivity index (χ4n) is 2.70. The number of amides is 3. The van der Waals surface area contributed by atoms with Gasteiger partial charge in [-0.1, -0.05) is 0 Å². The van der Waals surface area contributed by atoms with Crippen LogP contribution in [0.5, 0.6) is 11.5 Å². The molecule has 0 aliphatic carbocycles. The molecule has 0 saturated heterocycles. The lowest BCUT2D eigenvalue weighted by Gasteiger charge is -2.14. The lowest BCUT2D eigenvalue weighted by molar-refractivity contribution is -0.118. The molecule has 0 radical (unpaired) electrons. The normalized spacial score (nSPS) is 15.1. The van der Waals surface area contributed by atoms with Gasteiger partial charge in [-0.3, -0.25) is 4.79 Å². The van der Waals surface area contributed by atoms with E-state index >= 15 is 0 Å². The van der Waals surface area contributed by atoms with E-state index in [2.05, 4.69) is 16.0 Å². The van der Waals surface area contributed by atoms with Gasteiger partial charge in [0.1, 0.15) is 17.6 Å². The van der Waals surface area contributed by atoms with Gasteiger partial charge in [0.25, 0.3) is 0 Å². The number of fused-ring (bicyclic) bond motifs is 1. The minimum atomic E-state index is -0.250. The van der Waals surface area contributed by atoms with E-state index in [9.17, 15) is 9.59 Å². The number of hydrogen-bond donors (Lipinski definition) is 3. The predicted octanol–water partition coefficient (Wildman–Crippen LogP) is 1.73. The molecule has 7 nitrogen and oxygen atoms in total. The van der Waals surface area contributed by atoms with Gasteiger partial charge in [-0.05, 0) is 32.4 Å². The summed E-state index contributed by atoms with van der Waals surface area (Å²) in [5.74, 6) is 1.58. The number of nitrogens with one attached hydrogen (secondary N) is 3. The second kappa shape index (κ2) is 9.15. The van der Waals surface area contributed by atoms with Crippen LogP contribution in [0.4, 0.5) is 4.79 Å². The molecule has 1 atom stereocenters. The average Bonchev–Trinajstić information content (AvgIpc) is 2.91. The fourth-order valence-corrected chi connectivity index (χ4v) is 2.70. The molecule has 0 fully saturated rings. The van der Waals surface area contributed by atoms with E-state index in [-0.39, 0.29) is 18.0 Å². The van der Waals surface area contributed by atoms with Crippen molar-refractivity contribution in [2.24, 2.45) is 0 Å². The fraction of sp³-hybridized carbons (Fsp3) is 0.556. The Morgan fingerprint density at radius 2 is 2.00 bits per heavy atom. The number of benzene rings is 1. The van der Waals surface area contributed by atoms with Crippen LogP contribution < -0.4 is 25.4 Å². The molecular weight excluding hydrogens is 322 g/mol. The number of urea groups is 1. The van der Waals surface area contributed by atoms with Gasteiger partial charge in [0.2, 0.25) is 5.91 Å². The first-order valence-electron chi connectivity index (χ1n) is 8.71. The molecule has 1 aromatic rings. The molecule has 3 N–H and O–H groups in total. The Bertz CT molecular complexity index is 619. The van der Waals surface area contributed by atoms with Crippen LogP contribution >= 0.6 is 0 Å².